The van der Waals surface area contributed by atoms with E-state index in [0.29, 0.717) is 22.2 Å². The van der Waals surface area contributed by atoms with Crippen LogP contribution in [0.4, 0.5) is 5.69 Å². The minimum atomic E-state index is -0.399. The first-order valence-electron chi connectivity index (χ1n) is 9.41. The third-order valence-electron chi connectivity index (χ3n) is 4.95. The van der Waals surface area contributed by atoms with Gasteiger partial charge in [-0.3, -0.25) is 15.1 Å². The number of thiocarbonyl (C=S) groups is 1. The number of para-hydroxylation sites is 1. The Hall–Kier alpha value is -3.26. The summed E-state index contributed by atoms with van der Waals surface area (Å²) in [7, 11) is 0. The van der Waals surface area contributed by atoms with Gasteiger partial charge in [-0.15, -0.1) is 0 Å². The number of aromatic nitrogens is 1. The lowest BCUT2D eigenvalue weighted by molar-refractivity contribution is -0.384. The Morgan fingerprint density at radius 3 is 2.72 bits per heavy atom. The van der Waals surface area contributed by atoms with Gasteiger partial charge in [0, 0.05) is 18.8 Å². The van der Waals surface area contributed by atoms with Crippen LogP contribution in [0.15, 0.2) is 65.2 Å². The van der Waals surface area contributed by atoms with Gasteiger partial charge in [0.05, 0.1) is 22.2 Å². The molecule has 0 unspecified atom stereocenters. The third-order valence-corrected chi connectivity index (χ3v) is 5.30. The van der Waals surface area contributed by atoms with E-state index >= 15 is 0 Å². The predicted octanol–water partition coefficient (Wildman–Crippen LogP) is 4.63. The smallest absolute Gasteiger partial charge is 0.280 e. The summed E-state index contributed by atoms with van der Waals surface area (Å²) < 4.78 is 6.15. The Kier molecular flexibility index (Phi) is 5.26. The van der Waals surface area contributed by atoms with E-state index in [9.17, 15) is 10.1 Å². The molecule has 1 N–H and O–H groups in total. The molecule has 3 heterocycles. The maximum atomic E-state index is 11.4. The van der Waals surface area contributed by atoms with Crippen LogP contribution in [0.5, 0.6) is 0 Å². The molecule has 0 radical (unpaired) electrons. The molecular formula is C21H20N4O3S. The normalized spacial score (nSPS) is 18.7. The maximum absolute atomic E-state index is 11.4. The van der Waals surface area contributed by atoms with Gasteiger partial charge in [-0.05, 0) is 49.0 Å². The predicted molar refractivity (Wildman–Crippen MR) is 113 cm³/mol. The molecule has 3 aromatic rings. The maximum Gasteiger partial charge on any atom is 0.280 e. The van der Waals surface area contributed by atoms with E-state index in [1.54, 1.807) is 30.5 Å². The second-order valence-corrected chi connectivity index (χ2v) is 7.18. The number of rotatable bonds is 6. The van der Waals surface area contributed by atoms with Crippen LogP contribution in [0.3, 0.4) is 0 Å². The number of hydrogen-bond donors (Lipinski definition) is 1. The summed E-state index contributed by atoms with van der Waals surface area (Å²) in [6, 6.07) is 15.6. The van der Waals surface area contributed by atoms with Gasteiger partial charge < -0.3 is 14.6 Å². The van der Waals surface area contributed by atoms with E-state index in [4.69, 9.17) is 16.6 Å². The Labute approximate surface area is 173 Å². The topological polar surface area (TPSA) is 84.4 Å². The number of pyridine rings is 1. The number of hydrogen-bond acceptors (Lipinski definition) is 5. The molecule has 2 atom stereocenters. The van der Waals surface area contributed by atoms with Crippen LogP contribution in [0.2, 0.25) is 0 Å². The standard InChI is InChI=1S/C21H20N4O3S/c1-2-13-24-20(19(23-21(24)29)15-8-5-6-12-22-15)18-11-10-17(28-18)14-7-3-4-9-16(14)25(26)27/h3-12,19-20H,2,13H2,1H3,(H,23,29)/t19-,20-/m1/s1. The fraction of sp³-hybridized carbons (Fsp3) is 0.238. The highest BCUT2D eigenvalue weighted by Gasteiger charge is 2.41. The third kappa shape index (κ3) is 3.58. The summed E-state index contributed by atoms with van der Waals surface area (Å²) in [5, 5.41) is 15.4. The number of nitrogens with one attached hydrogen (secondary N) is 1. The highest BCUT2D eigenvalue weighted by Crippen LogP contribution is 2.41. The zero-order valence-corrected chi connectivity index (χ0v) is 16.6. The molecule has 1 saturated heterocycles. The van der Waals surface area contributed by atoms with Crippen LogP contribution >= 0.6 is 12.2 Å². The Bertz CT molecular complexity index is 1040. The zero-order chi connectivity index (χ0) is 20.4. The summed E-state index contributed by atoms with van der Waals surface area (Å²) in [4.78, 5) is 17.6. The Morgan fingerprint density at radius 1 is 1.21 bits per heavy atom. The molecule has 0 amide bonds. The monoisotopic (exact) mass is 408 g/mol. The van der Waals surface area contributed by atoms with Crippen LogP contribution in [0.25, 0.3) is 11.3 Å². The largest absolute Gasteiger partial charge is 0.459 e. The molecule has 0 spiro atoms. The first-order valence-corrected chi connectivity index (χ1v) is 9.82. The molecule has 29 heavy (non-hydrogen) atoms. The highest BCUT2D eigenvalue weighted by molar-refractivity contribution is 7.80. The molecule has 1 aliphatic rings. The fourth-order valence-corrected chi connectivity index (χ4v) is 4.03. The van der Waals surface area contributed by atoms with Gasteiger partial charge >= 0.3 is 0 Å². The van der Waals surface area contributed by atoms with Crippen molar-refractivity contribution in [2.45, 2.75) is 25.4 Å². The average Bonchev–Trinajstić information content (AvgIpc) is 3.34. The van der Waals surface area contributed by atoms with Crippen molar-refractivity contribution in [3.8, 4) is 11.3 Å². The van der Waals surface area contributed by atoms with E-state index in [-0.39, 0.29) is 17.8 Å². The number of benzene rings is 1. The molecular weight excluding hydrogens is 388 g/mol. The van der Waals surface area contributed by atoms with Crippen LogP contribution in [0.1, 0.15) is 36.9 Å². The number of nitro benzene ring substituents is 1. The van der Waals surface area contributed by atoms with Gasteiger partial charge in [-0.2, -0.15) is 0 Å². The van der Waals surface area contributed by atoms with Crippen molar-refractivity contribution >= 4 is 23.0 Å². The van der Waals surface area contributed by atoms with Crippen LogP contribution < -0.4 is 5.32 Å². The lowest BCUT2D eigenvalue weighted by Crippen LogP contribution is -2.30. The fourth-order valence-electron chi connectivity index (χ4n) is 3.69. The first kappa shape index (κ1) is 19.1. The number of furan rings is 1. The molecule has 8 heteroatoms. The zero-order valence-electron chi connectivity index (χ0n) is 15.8. The lowest BCUT2D eigenvalue weighted by Gasteiger charge is -2.25. The summed E-state index contributed by atoms with van der Waals surface area (Å²) in [6.07, 6.45) is 2.67. The molecule has 0 saturated carbocycles. The molecule has 1 fully saturated rings. The minimum absolute atomic E-state index is 0.0140. The highest BCUT2D eigenvalue weighted by atomic mass is 32.1. The molecule has 4 rings (SSSR count). The van der Waals surface area contributed by atoms with Crippen molar-refractivity contribution in [2.24, 2.45) is 0 Å². The summed E-state index contributed by atoms with van der Waals surface area (Å²) in [6.45, 7) is 2.86. The second-order valence-electron chi connectivity index (χ2n) is 6.80. The molecule has 148 valence electrons. The minimum Gasteiger partial charge on any atom is -0.459 e. The molecule has 2 aromatic heterocycles. The van der Waals surface area contributed by atoms with Crippen molar-refractivity contribution < 1.29 is 9.34 Å². The van der Waals surface area contributed by atoms with Crippen LogP contribution in [-0.4, -0.2) is 26.5 Å². The van der Waals surface area contributed by atoms with Crippen molar-refractivity contribution in [3.05, 3.63) is 82.4 Å². The lowest BCUT2D eigenvalue weighted by atomic mass is 10.0. The van der Waals surface area contributed by atoms with E-state index in [1.165, 1.54) is 6.07 Å². The molecule has 0 bridgehead atoms. The van der Waals surface area contributed by atoms with Gasteiger partial charge in [0.25, 0.3) is 5.69 Å². The quantitative estimate of drug-likeness (QED) is 0.361. The Morgan fingerprint density at radius 2 is 2.00 bits per heavy atom. The van der Waals surface area contributed by atoms with Gasteiger partial charge in [-0.25, -0.2) is 0 Å². The number of nitrogens with zero attached hydrogens (tertiary/aromatic N) is 3. The SMILES string of the molecule is CCCN1C(=S)N[C@H](c2ccccn2)[C@H]1c1ccc(-c2ccccc2[N+](=O)[O-])o1. The Balaban J connectivity index is 1.75. The van der Waals surface area contributed by atoms with Gasteiger partial charge in [-0.1, -0.05) is 25.1 Å². The second kappa shape index (κ2) is 8.00. The van der Waals surface area contributed by atoms with E-state index in [2.05, 4.69) is 22.1 Å². The van der Waals surface area contributed by atoms with Crippen LogP contribution in [0, 0.1) is 10.1 Å². The van der Waals surface area contributed by atoms with Crippen LogP contribution in [-0.2, 0) is 0 Å². The van der Waals surface area contributed by atoms with E-state index < -0.39 is 4.92 Å². The van der Waals surface area contributed by atoms with Gasteiger partial charge in [0.1, 0.15) is 17.6 Å². The van der Waals surface area contributed by atoms with Crippen molar-refractivity contribution in [1.29, 1.82) is 0 Å². The first-order chi connectivity index (χ1) is 14.1. The van der Waals surface area contributed by atoms with Crippen molar-refractivity contribution in [3.63, 3.8) is 0 Å². The van der Waals surface area contributed by atoms with Crippen molar-refractivity contribution in [2.75, 3.05) is 6.54 Å². The van der Waals surface area contributed by atoms with Gasteiger partial charge in [0.15, 0.2) is 5.11 Å². The van der Waals surface area contributed by atoms with E-state index in [0.717, 1.165) is 18.7 Å². The van der Waals surface area contributed by atoms with Crippen molar-refractivity contribution in [1.82, 2.24) is 15.2 Å². The molecule has 0 aliphatic carbocycles. The molecule has 7 nitrogen and oxygen atoms in total. The summed E-state index contributed by atoms with van der Waals surface area (Å²) in [5.74, 6) is 1.15. The summed E-state index contributed by atoms with van der Waals surface area (Å²) >= 11 is 5.57. The average molecular weight is 408 g/mol. The molecule has 1 aliphatic heterocycles. The molecule has 1 aromatic carbocycles. The number of nitro groups is 1. The van der Waals surface area contributed by atoms with E-state index in [1.807, 2.05) is 24.3 Å². The summed E-state index contributed by atoms with van der Waals surface area (Å²) in [5.41, 5.74) is 1.33. The van der Waals surface area contributed by atoms with Gasteiger partial charge in [0.2, 0.25) is 0 Å².